The van der Waals surface area contributed by atoms with Crippen LogP contribution >= 0.6 is 0 Å². The standard InChI is InChI=1S/C14H23FN2O3/c1-4-19-14(20-5-2)12(17-16)9-10-6-7-13(18-3)11(15)8-10/h6-8,12,14,17H,4-5,9,16H2,1-3H3. The molecule has 0 saturated heterocycles. The zero-order valence-electron chi connectivity index (χ0n) is 12.2. The van der Waals surface area contributed by atoms with Crippen LogP contribution in [0.4, 0.5) is 4.39 Å². The number of nitrogens with two attached hydrogens (primary N) is 1. The molecular weight excluding hydrogens is 263 g/mol. The average molecular weight is 286 g/mol. The van der Waals surface area contributed by atoms with Crippen molar-refractivity contribution < 1.29 is 18.6 Å². The molecule has 0 aliphatic heterocycles. The van der Waals surface area contributed by atoms with Crippen molar-refractivity contribution in [2.24, 2.45) is 5.84 Å². The van der Waals surface area contributed by atoms with Crippen molar-refractivity contribution in [2.75, 3.05) is 20.3 Å². The van der Waals surface area contributed by atoms with Gasteiger partial charge in [0.25, 0.3) is 0 Å². The molecule has 0 amide bonds. The highest BCUT2D eigenvalue weighted by Crippen LogP contribution is 2.19. The second-order valence-corrected chi connectivity index (χ2v) is 4.23. The van der Waals surface area contributed by atoms with E-state index in [0.717, 1.165) is 5.56 Å². The van der Waals surface area contributed by atoms with E-state index in [4.69, 9.17) is 20.1 Å². The summed E-state index contributed by atoms with van der Waals surface area (Å²) >= 11 is 0. The minimum Gasteiger partial charge on any atom is -0.494 e. The normalized spacial score (nSPS) is 12.7. The Morgan fingerprint density at radius 1 is 1.25 bits per heavy atom. The van der Waals surface area contributed by atoms with Gasteiger partial charge in [-0.3, -0.25) is 11.3 Å². The first-order valence-corrected chi connectivity index (χ1v) is 6.67. The Balaban J connectivity index is 2.78. The van der Waals surface area contributed by atoms with Crippen LogP contribution in [0.3, 0.4) is 0 Å². The number of methoxy groups -OCH3 is 1. The Kier molecular flexibility index (Phi) is 7.46. The number of hydrazine groups is 1. The molecule has 0 bridgehead atoms. The Morgan fingerprint density at radius 2 is 1.90 bits per heavy atom. The maximum atomic E-state index is 13.7. The highest BCUT2D eigenvalue weighted by atomic mass is 19.1. The predicted octanol–water partition coefficient (Wildman–Crippen LogP) is 1.61. The van der Waals surface area contributed by atoms with Gasteiger partial charge in [-0.15, -0.1) is 0 Å². The van der Waals surface area contributed by atoms with Crippen molar-refractivity contribution in [1.82, 2.24) is 5.43 Å². The number of benzene rings is 1. The van der Waals surface area contributed by atoms with Gasteiger partial charge in [0.15, 0.2) is 17.9 Å². The summed E-state index contributed by atoms with van der Waals surface area (Å²) < 4.78 is 29.6. The van der Waals surface area contributed by atoms with E-state index < -0.39 is 12.1 Å². The molecule has 5 nitrogen and oxygen atoms in total. The first-order valence-electron chi connectivity index (χ1n) is 6.67. The molecule has 114 valence electrons. The largest absolute Gasteiger partial charge is 0.494 e. The topological polar surface area (TPSA) is 65.7 Å². The van der Waals surface area contributed by atoms with Crippen molar-refractivity contribution in [2.45, 2.75) is 32.6 Å². The minimum atomic E-state index is -0.472. The van der Waals surface area contributed by atoms with Crippen LogP contribution in [0, 0.1) is 5.82 Å². The van der Waals surface area contributed by atoms with Crippen LogP contribution in [0.1, 0.15) is 19.4 Å². The lowest BCUT2D eigenvalue weighted by molar-refractivity contribution is -0.153. The number of rotatable bonds is 9. The molecule has 0 spiro atoms. The molecular formula is C14H23FN2O3. The van der Waals surface area contributed by atoms with Crippen LogP contribution in [-0.4, -0.2) is 32.7 Å². The monoisotopic (exact) mass is 286 g/mol. The average Bonchev–Trinajstić information content (AvgIpc) is 2.45. The zero-order chi connectivity index (χ0) is 15.0. The van der Waals surface area contributed by atoms with E-state index in [0.29, 0.717) is 19.6 Å². The van der Waals surface area contributed by atoms with Crippen molar-refractivity contribution in [3.8, 4) is 5.75 Å². The van der Waals surface area contributed by atoms with Crippen LogP contribution in [0.5, 0.6) is 5.75 Å². The van der Waals surface area contributed by atoms with Gasteiger partial charge in [-0.25, -0.2) is 4.39 Å². The number of hydrogen-bond acceptors (Lipinski definition) is 5. The molecule has 1 rings (SSSR count). The minimum absolute atomic E-state index is 0.220. The van der Waals surface area contributed by atoms with Crippen molar-refractivity contribution >= 4 is 0 Å². The first kappa shape index (κ1) is 16.8. The van der Waals surface area contributed by atoms with Crippen LogP contribution in [0.2, 0.25) is 0 Å². The van der Waals surface area contributed by atoms with Crippen molar-refractivity contribution in [1.29, 1.82) is 0 Å². The highest BCUT2D eigenvalue weighted by Gasteiger charge is 2.22. The van der Waals surface area contributed by atoms with Gasteiger partial charge in [0.1, 0.15) is 0 Å². The molecule has 3 N–H and O–H groups in total. The fourth-order valence-electron chi connectivity index (χ4n) is 1.93. The molecule has 6 heteroatoms. The van der Waals surface area contributed by atoms with Crippen molar-refractivity contribution in [3.05, 3.63) is 29.6 Å². The Morgan fingerprint density at radius 3 is 2.35 bits per heavy atom. The van der Waals surface area contributed by atoms with Gasteiger partial charge < -0.3 is 14.2 Å². The summed E-state index contributed by atoms with van der Waals surface area (Å²) in [6.07, 6.45) is 0.0161. The zero-order valence-corrected chi connectivity index (χ0v) is 12.2. The summed E-state index contributed by atoms with van der Waals surface area (Å²) in [4.78, 5) is 0. The van der Waals surface area contributed by atoms with E-state index in [1.54, 1.807) is 12.1 Å². The van der Waals surface area contributed by atoms with E-state index in [1.807, 2.05) is 13.8 Å². The molecule has 1 atom stereocenters. The van der Waals surface area contributed by atoms with Gasteiger partial charge in [-0.1, -0.05) is 6.07 Å². The summed E-state index contributed by atoms with van der Waals surface area (Å²) in [6, 6.07) is 4.55. The fraction of sp³-hybridized carbons (Fsp3) is 0.571. The predicted molar refractivity (Wildman–Crippen MR) is 74.8 cm³/mol. The number of ether oxygens (including phenoxy) is 3. The van der Waals surface area contributed by atoms with Gasteiger partial charge in [0.2, 0.25) is 0 Å². The fourth-order valence-corrected chi connectivity index (χ4v) is 1.93. The maximum Gasteiger partial charge on any atom is 0.174 e. The van der Waals surface area contributed by atoms with Crippen LogP contribution in [0.15, 0.2) is 18.2 Å². The van der Waals surface area contributed by atoms with E-state index in [-0.39, 0.29) is 11.8 Å². The summed E-state index contributed by atoms with van der Waals surface area (Å²) in [5.41, 5.74) is 3.45. The second-order valence-electron chi connectivity index (χ2n) is 4.23. The Labute approximate surface area is 119 Å². The quantitative estimate of drug-likeness (QED) is 0.410. The molecule has 0 radical (unpaired) electrons. The molecule has 0 fully saturated rings. The molecule has 1 unspecified atom stereocenters. The van der Waals surface area contributed by atoms with Gasteiger partial charge in [0, 0.05) is 13.2 Å². The van der Waals surface area contributed by atoms with Gasteiger partial charge in [0.05, 0.1) is 13.2 Å². The van der Waals surface area contributed by atoms with E-state index >= 15 is 0 Å². The highest BCUT2D eigenvalue weighted by molar-refractivity contribution is 5.29. The molecule has 1 aromatic carbocycles. The summed E-state index contributed by atoms with van der Waals surface area (Å²) in [7, 11) is 1.43. The molecule has 0 aromatic heterocycles. The third-order valence-corrected chi connectivity index (χ3v) is 2.88. The maximum absolute atomic E-state index is 13.7. The lowest BCUT2D eigenvalue weighted by atomic mass is 10.1. The number of hydrogen-bond donors (Lipinski definition) is 2. The van der Waals surface area contributed by atoms with Gasteiger partial charge in [-0.05, 0) is 38.0 Å². The third-order valence-electron chi connectivity index (χ3n) is 2.88. The summed E-state index contributed by atoms with van der Waals surface area (Å²) in [6.45, 7) is 4.79. The lowest BCUT2D eigenvalue weighted by Gasteiger charge is -2.26. The first-order chi connectivity index (χ1) is 9.65. The molecule has 1 aromatic rings. The summed E-state index contributed by atoms with van der Waals surface area (Å²) in [5, 5.41) is 0. The van der Waals surface area contributed by atoms with Crippen LogP contribution < -0.4 is 16.0 Å². The summed E-state index contributed by atoms with van der Waals surface area (Å²) in [5.74, 6) is 5.37. The second kappa shape index (κ2) is 8.86. The molecule has 20 heavy (non-hydrogen) atoms. The molecule has 0 aliphatic rings. The van der Waals surface area contributed by atoms with Crippen LogP contribution in [0.25, 0.3) is 0 Å². The van der Waals surface area contributed by atoms with E-state index in [9.17, 15) is 4.39 Å². The molecule has 0 heterocycles. The van der Waals surface area contributed by atoms with Crippen LogP contribution in [-0.2, 0) is 15.9 Å². The number of nitrogens with one attached hydrogen (secondary N) is 1. The smallest absolute Gasteiger partial charge is 0.174 e. The number of halogens is 1. The Hall–Kier alpha value is -1.21. The van der Waals surface area contributed by atoms with Gasteiger partial charge in [-0.2, -0.15) is 0 Å². The molecule has 0 aliphatic carbocycles. The van der Waals surface area contributed by atoms with E-state index in [2.05, 4.69) is 5.43 Å². The van der Waals surface area contributed by atoms with Gasteiger partial charge >= 0.3 is 0 Å². The Bertz CT molecular complexity index is 398. The van der Waals surface area contributed by atoms with Crippen molar-refractivity contribution in [3.63, 3.8) is 0 Å². The molecule has 0 saturated carbocycles. The van der Waals surface area contributed by atoms with E-state index in [1.165, 1.54) is 13.2 Å². The third kappa shape index (κ3) is 4.72. The SMILES string of the molecule is CCOC(OCC)C(Cc1ccc(OC)c(F)c1)NN. The lowest BCUT2D eigenvalue weighted by Crippen LogP contribution is -2.48.